The van der Waals surface area contributed by atoms with Crippen LogP contribution in [0.3, 0.4) is 0 Å². The Labute approximate surface area is 123 Å². The number of aromatic carboxylic acids is 1. The second-order valence-electron chi connectivity index (χ2n) is 4.49. The predicted octanol–water partition coefficient (Wildman–Crippen LogP) is 2.10. The van der Waals surface area contributed by atoms with Crippen molar-refractivity contribution in [1.82, 2.24) is 10.2 Å². The van der Waals surface area contributed by atoms with Crippen molar-refractivity contribution in [1.29, 1.82) is 0 Å². The number of rotatable bonds is 8. The second kappa shape index (κ2) is 8.01. The maximum atomic E-state index is 11.8. The minimum Gasteiger partial charge on any atom is -0.477 e. The van der Waals surface area contributed by atoms with Crippen molar-refractivity contribution in [3.05, 3.63) is 21.4 Å². The van der Waals surface area contributed by atoms with Gasteiger partial charge in [0.1, 0.15) is 4.88 Å². The highest BCUT2D eigenvalue weighted by molar-refractivity contribution is 7.14. The minimum absolute atomic E-state index is 0.149. The molecule has 0 aromatic carbocycles. The van der Waals surface area contributed by atoms with E-state index in [1.165, 1.54) is 11.3 Å². The molecule has 0 saturated carbocycles. The highest BCUT2D eigenvalue weighted by Crippen LogP contribution is 2.21. The summed E-state index contributed by atoms with van der Waals surface area (Å²) in [6.45, 7) is 8.53. The molecule has 1 rings (SSSR count). The molecule has 1 aromatic rings. The molecule has 1 amide bonds. The maximum Gasteiger partial charge on any atom is 0.345 e. The topological polar surface area (TPSA) is 69.6 Å². The number of nitrogens with zero attached hydrogens (tertiary/aromatic N) is 1. The third-order valence-electron chi connectivity index (χ3n) is 3.18. The molecule has 6 heteroatoms. The van der Waals surface area contributed by atoms with E-state index in [2.05, 4.69) is 5.32 Å². The van der Waals surface area contributed by atoms with Crippen molar-refractivity contribution in [2.24, 2.45) is 0 Å². The third-order valence-corrected chi connectivity index (χ3v) is 4.26. The maximum absolute atomic E-state index is 11.8. The SMILES string of the molecule is CCN(CC)C(=O)CCNCc1cc(C(=O)O)sc1C. The van der Waals surface area contributed by atoms with Gasteiger partial charge in [0.25, 0.3) is 0 Å². The van der Waals surface area contributed by atoms with E-state index in [1.807, 2.05) is 20.8 Å². The number of nitrogens with one attached hydrogen (secondary N) is 1. The zero-order chi connectivity index (χ0) is 15.1. The van der Waals surface area contributed by atoms with Crippen LogP contribution in [0.1, 0.15) is 40.4 Å². The highest BCUT2D eigenvalue weighted by atomic mass is 32.1. The van der Waals surface area contributed by atoms with E-state index in [-0.39, 0.29) is 5.91 Å². The number of hydrogen-bond donors (Lipinski definition) is 2. The van der Waals surface area contributed by atoms with Gasteiger partial charge in [-0.1, -0.05) is 0 Å². The van der Waals surface area contributed by atoms with E-state index in [4.69, 9.17) is 5.11 Å². The van der Waals surface area contributed by atoms with Gasteiger partial charge in [-0.15, -0.1) is 11.3 Å². The Balaban J connectivity index is 2.38. The second-order valence-corrected chi connectivity index (χ2v) is 5.75. The molecule has 0 aliphatic rings. The van der Waals surface area contributed by atoms with Gasteiger partial charge < -0.3 is 15.3 Å². The summed E-state index contributed by atoms with van der Waals surface area (Å²) in [6, 6.07) is 1.70. The minimum atomic E-state index is -0.888. The Morgan fingerprint density at radius 3 is 2.50 bits per heavy atom. The first-order valence-electron chi connectivity index (χ1n) is 6.80. The van der Waals surface area contributed by atoms with Crippen molar-refractivity contribution in [2.75, 3.05) is 19.6 Å². The van der Waals surface area contributed by atoms with Crippen LogP contribution < -0.4 is 5.32 Å². The number of carboxylic acid groups (broad SMARTS) is 1. The van der Waals surface area contributed by atoms with Gasteiger partial charge >= 0.3 is 5.97 Å². The van der Waals surface area contributed by atoms with Crippen LogP contribution >= 0.6 is 11.3 Å². The molecule has 0 spiro atoms. The Morgan fingerprint density at radius 2 is 2.00 bits per heavy atom. The number of hydrogen-bond acceptors (Lipinski definition) is 4. The third kappa shape index (κ3) is 4.61. The van der Waals surface area contributed by atoms with E-state index in [1.54, 1.807) is 11.0 Å². The number of aryl methyl sites for hydroxylation is 1. The Bertz CT molecular complexity index is 467. The molecule has 0 aliphatic carbocycles. The first kappa shape index (κ1) is 16.7. The van der Waals surface area contributed by atoms with Crippen LogP contribution in [0.5, 0.6) is 0 Å². The molecule has 1 aromatic heterocycles. The summed E-state index contributed by atoms with van der Waals surface area (Å²) in [5, 5.41) is 12.1. The van der Waals surface area contributed by atoms with E-state index >= 15 is 0 Å². The van der Waals surface area contributed by atoms with Gasteiger partial charge in [-0.3, -0.25) is 4.79 Å². The van der Waals surface area contributed by atoms with Gasteiger partial charge in [-0.05, 0) is 32.4 Å². The molecule has 0 atom stereocenters. The van der Waals surface area contributed by atoms with Crippen molar-refractivity contribution < 1.29 is 14.7 Å². The van der Waals surface area contributed by atoms with Crippen molar-refractivity contribution in [2.45, 2.75) is 33.7 Å². The summed E-state index contributed by atoms with van der Waals surface area (Å²) in [5.41, 5.74) is 0.989. The molecule has 0 saturated heterocycles. The molecule has 0 unspecified atom stereocenters. The van der Waals surface area contributed by atoms with Crippen LogP contribution in [0, 0.1) is 6.92 Å². The van der Waals surface area contributed by atoms with E-state index in [0.717, 1.165) is 23.5 Å². The van der Waals surface area contributed by atoms with E-state index in [9.17, 15) is 9.59 Å². The summed E-state index contributed by atoms with van der Waals surface area (Å²) in [5.74, 6) is -0.739. The van der Waals surface area contributed by atoms with Crippen LogP contribution in [0.4, 0.5) is 0 Å². The lowest BCUT2D eigenvalue weighted by molar-refractivity contribution is -0.130. The first-order chi connectivity index (χ1) is 9.49. The van der Waals surface area contributed by atoms with E-state index in [0.29, 0.717) is 24.4 Å². The summed E-state index contributed by atoms with van der Waals surface area (Å²) < 4.78 is 0. The highest BCUT2D eigenvalue weighted by Gasteiger charge is 2.11. The molecule has 1 heterocycles. The lowest BCUT2D eigenvalue weighted by atomic mass is 10.2. The largest absolute Gasteiger partial charge is 0.477 e. The monoisotopic (exact) mass is 298 g/mol. The van der Waals surface area contributed by atoms with Crippen LogP contribution in [-0.4, -0.2) is 41.5 Å². The summed E-state index contributed by atoms with van der Waals surface area (Å²) >= 11 is 1.28. The summed E-state index contributed by atoms with van der Waals surface area (Å²) in [6.07, 6.45) is 0.469. The summed E-state index contributed by atoms with van der Waals surface area (Å²) in [7, 11) is 0. The molecule has 20 heavy (non-hydrogen) atoms. The first-order valence-corrected chi connectivity index (χ1v) is 7.62. The van der Waals surface area contributed by atoms with Crippen LogP contribution in [0.25, 0.3) is 0 Å². The Hall–Kier alpha value is -1.40. The normalized spacial score (nSPS) is 10.6. The van der Waals surface area contributed by atoms with Gasteiger partial charge in [0.15, 0.2) is 0 Å². The van der Waals surface area contributed by atoms with Crippen molar-refractivity contribution in [3.63, 3.8) is 0 Å². The van der Waals surface area contributed by atoms with Gasteiger partial charge in [0, 0.05) is 37.5 Å². The zero-order valence-corrected chi connectivity index (χ0v) is 13.0. The molecule has 112 valence electrons. The van der Waals surface area contributed by atoms with E-state index < -0.39 is 5.97 Å². The Morgan fingerprint density at radius 1 is 1.35 bits per heavy atom. The summed E-state index contributed by atoms with van der Waals surface area (Å²) in [4.78, 5) is 25.8. The van der Waals surface area contributed by atoms with Gasteiger partial charge in [-0.2, -0.15) is 0 Å². The van der Waals surface area contributed by atoms with Crippen LogP contribution in [0.2, 0.25) is 0 Å². The van der Waals surface area contributed by atoms with Crippen LogP contribution in [0.15, 0.2) is 6.07 Å². The smallest absolute Gasteiger partial charge is 0.345 e. The number of carbonyl (C=O) groups is 2. The molecule has 0 bridgehead atoms. The number of thiophene rings is 1. The van der Waals surface area contributed by atoms with Gasteiger partial charge in [-0.25, -0.2) is 4.79 Å². The molecular formula is C14H22N2O3S. The lowest BCUT2D eigenvalue weighted by Crippen LogP contribution is -2.32. The quantitative estimate of drug-likeness (QED) is 0.721. The lowest BCUT2D eigenvalue weighted by Gasteiger charge is -2.18. The van der Waals surface area contributed by atoms with Crippen molar-refractivity contribution >= 4 is 23.2 Å². The van der Waals surface area contributed by atoms with Gasteiger partial charge in [0.2, 0.25) is 5.91 Å². The van der Waals surface area contributed by atoms with Crippen LogP contribution in [-0.2, 0) is 11.3 Å². The fourth-order valence-electron chi connectivity index (χ4n) is 1.95. The molecule has 0 fully saturated rings. The molecule has 0 radical (unpaired) electrons. The fraction of sp³-hybridized carbons (Fsp3) is 0.571. The fourth-order valence-corrected chi connectivity index (χ4v) is 2.83. The Kier molecular flexibility index (Phi) is 6.67. The van der Waals surface area contributed by atoms with Gasteiger partial charge in [0.05, 0.1) is 0 Å². The molecular weight excluding hydrogens is 276 g/mol. The average Bonchev–Trinajstić information content (AvgIpc) is 2.78. The number of amides is 1. The predicted molar refractivity (Wildman–Crippen MR) is 80.3 cm³/mol. The standard InChI is InChI=1S/C14H22N2O3S/c1-4-16(5-2)13(17)6-7-15-9-11-8-12(14(18)19)20-10(11)3/h8,15H,4-7,9H2,1-3H3,(H,18,19). The number of carboxylic acids is 1. The zero-order valence-electron chi connectivity index (χ0n) is 12.2. The molecule has 5 nitrogen and oxygen atoms in total. The molecule has 0 aliphatic heterocycles. The number of carbonyl (C=O) groups excluding carboxylic acids is 1. The van der Waals surface area contributed by atoms with Crippen molar-refractivity contribution in [3.8, 4) is 0 Å². The molecule has 2 N–H and O–H groups in total. The average molecular weight is 298 g/mol.